The first-order chi connectivity index (χ1) is 7.58. The Labute approximate surface area is 104 Å². The van der Waals surface area contributed by atoms with Crippen molar-refractivity contribution in [1.82, 2.24) is 4.90 Å². The molecule has 0 aliphatic rings. The van der Waals surface area contributed by atoms with Crippen molar-refractivity contribution in [2.24, 2.45) is 5.92 Å². The van der Waals surface area contributed by atoms with Crippen molar-refractivity contribution < 1.29 is 0 Å². The van der Waals surface area contributed by atoms with E-state index in [4.69, 9.17) is 11.6 Å². The van der Waals surface area contributed by atoms with Gasteiger partial charge in [-0.25, -0.2) is 0 Å². The molecule has 0 fully saturated rings. The standard InChI is InChI=1S/C14H22ClN/c1-12(2)5-4-10-16(3)11-13-6-8-14(15)9-7-13/h6-9,12H,4-5,10-11H2,1-3H3. The fraction of sp³-hybridized carbons (Fsp3) is 0.571. The summed E-state index contributed by atoms with van der Waals surface area (Å²) in [5.41, 5.74) is 1.33. The van der Waals surface area contributed by atoms with Crippen molar-refractivity contribution in [1.29, 1.82) is 0 Å². The molecule has 0 N–H and O–H groups in total. The highest BCUT2D eigenvalue weighted by molar-refractivity contribution is 6.30. The molecule has 0 saturated carbocycles. The monoisotopic (exact) mass is 239 g/mol. The summed E-state index contributed by atoms with van der Waals surface area (Å²) < 4.78 is 0. The normalized spacial score (nSPS) is 11.4. The Balaban J connectivity index is 2.28. The lowest BCUT2D eigenvalue weighted by Crippen LogP contribution is -2.19. The first-order valence-corrected chi connectivity index (χ1v) is 6.38. The third-order valence-corrected chi connectivity index (χ3v) is 2.94. The maximum atomic E-state index is 5.85. The third kappa shape index (κ3) is 5.53. The van der Waals surface area contributed by atoms with Crippen molar-refractivity contribution in [2.75, 3.05) is 13.6 Å². The molecule has 0 aromatic heterocycles. The number of halogens is 1. The van der Waals surface area contributed by atoms with Crippen LogP contribution in [0.15, 0.2) is 24.3 Å². The van der Waals surface area contributed by atoms with E-state index < -0.39 is 0 Å². The van der Waals surface area contributed by atoms with Gasteiger partial charge in [0.25, 0.3) is 0 Å². The third-order valence-electron chi connectivity index (χ3n) is 2.69. The summed E-state index contributed by atoms with van der Waals surface area (Å²) in [4.78, 5) is 2.37. The molecule has 0 bridgehead atoms. The van der Waals surface area contributed by atoms with Crippen LogP contribution in [0.1, 0.15) is 32.3 Å². The molecule has 0 aliphatic carbocycles. The number of rotatable bonds is 6. The lowest BCUT2D eigenvalue weighted by Gasteiger charge is -2.17. The Hall–Kier alpha value is -0.530. The van der Waals surface area contributed by atoms with Crippen LogP contribution in [0.4, 0.5) is 0 Å². The Bertz CT molecular complexity index is 292. The molecule has 0 heterocycles. The van der Waals surface area contributed by atoms with Crippen molar-refractivity contribution in [2.45, 2.75) is 33.2 Å². The molecule has 0 saturated heterocycles. The molecule has 0 spiro atoms. The van der Waals surface area contributed by atoms with Crippen LogP contribution in [0.25, 0.3) is 0 Å². The van der Waals surface area contributed by atoms with Crippen molar-refractivity contribution >= 4 is 11.6 Å². The van der Waals surface area contributed by atoms with Gasteiger partial charge in [-0.2, -0.15) is 0 Å². The van der Waals surface area contributed by atoms with Crippen molar-refractivity contribution in [3.8, 4) is 0 Å². The van der Waals surface area contributed by atoms with Crippen LogP contribution < -0.4 is 0 Å². The maximum Gasteiger partial charge on any atom is 0.0406 e. The van der Waals surface area contributed by atoms with Crippen LogP contribution in [0, 0.1) is 5.92 Å². The zero-order valence-electron chi connectivity index (χ0n) is 10.5. The summed E-state index contributed by atoms with van der Waals surface area (Å²) in [6.07, 6.45) is 2.59. The highest BCUT2D eigenvalue weighted by atomic mass is 35.5. The van der Waals surface area contributed by atoms with Gasteiger partial charge in [0.2, 0.25) is 0 Å². The summed E-state index contributed by atoms with van der Waals surface area (Å²) in [6, 6.07) is 8.11. The van der Waals surface area contributed by atoms with E-state index in [1.54, 1.807) is 0 Å². The molecule has 90 valence electrons. The molecule has 1 aromatic carbocycles. The maximum absolute atomic E-state index is 5.85. The number of hydrogen-bond acceptors (Lipinski definition) is 1. The van der Waals surface area contributed by atoms with Gasteiger partial charge in [-0.1, -0.05) is 37.6 Å². The second kappa shape index (κ2) is 6.93. The van der Waals surface area contributed by atoms with Gasteiger partial charge in [0.05, 0.1) is 0 Å². The van der Waals surface area contributed by atoms with E-state index in [0.29, 0.717) is 0 Å². The lowest BCUT2D eigenvalue weighted by molar-refractivity contribution is 0.310. The smallest absolute Gasteiger partial charge is 0.0406 e. The fourth-order valence-electron chi connectivity index (χ4n) is 1.75. The van der Waals surface area contributed by atoms with E-state index in [2.05, 4.69) is 37.9 Å². The van der Waals surface area contributed by atoms with Gasteiger partial charge in [0.15, 0.2) is 0 Å². The quantitative estimate of drug-likeness (QED) is 0.719. The molecule has 2 heteroatoms. The Kier molecular flexibility index (Phi) is 5.86. The molecule has 0 radical (unpaired) electrons. The molecule has 1 aromatic rings. The van der Waals surface area contributed by atoms with E-state index in [1.165, 1.54) is 24.9 Å². The molecule has 1 nitrogen and oxygen atoms in total. The van der Waals surface area contributed by atoms with Crippen LogP contribution in [-0.4, -0.2) is 18.5 Å². The minimum Gasteiger partial charge on any atom is -0.302 e. The van der Waals surface area contributed by atoms with Gasteiger partial charge in [0.1, 0.15) is 0 Å². The first kappa shape index (κ1) is 13.5. The zero-order valence-corrected chi connectivity index (χ0v) is 11.3. The second-order valence-corrected chi connectivity index (χ2v) is 5.34. The Morgan fingerprint density at radius 2 is 1.81 bits per heavy atom. The first-order valence-electron chi connectivity index (χ1n) is 6.01. The number of benzene rings is 1. The van der Waals surface area contributed by atoms with Gasteiger partial charge >= 0.3 is 0 Å². The second-order valence-electron chi connectivity index (χ2n) is 4.90. The highest BCUT2D eigenvalue weighted by Gasteiger charge is 2.01. The van der Waals surface area contributed by atoms with Gasteiger partial charge in [-0.3, -0.25) is 0 Å². The van der Waals surface area contributed by atoms with E-state index >= 15 is 0 Å². The van der Waals surface area contributed by atoms with Crippen LogP contribution >= 0.6 is 11.6 Å². The molecule has 0 atom stereocenters. The minimum atomic E-state index is 0.809. The van der Waals surface area contributed by atoms with E-state index in [-0.39, 0.29) is 0 Å². The van der Waals surface area contributed by atoms with Crippen LogP contribution in [-0.2, 0) is 6.54 Å². The molecule has 1 rings (SSSR count). The molecule has 0 amide bonds. The summed E-state index contributed by atoms with van der Waals surface area (Å²) in [7, 11) is 2.18. The van der Waals surface area contributed by atoms with E-state index in [9.17, 15) is 0 Å². The van der Waals surface area contributed by atoms with E-state index in [1.807, 2.05) is 12.1 Å². The van der Waals surface area contributed by atoms with Crippen LogP contribution in [0.3, 0.4) is 0 Å². The van der Waals surface area contributed by atoms with Crippen molar-refractivity contribution in [3.63, 3.8) is 0 Å². The van der Waals surface area contributed by atoms with Gasteiger partial charge in [-0.05, 0) is 50.0 Å². The highest BCUT2D eigenvalue weighted by Crippen LogP contribution is 2.11. The van der Waals surface area contributed by atoms with Crippen LogP contribution in [0.5, 0.6) is 0 Å². The Morgan fingerprint density at radius 1 is 1.19 bits per heavy atom. The van der Waals surface area contributed by atoms with Gasteiger partial charge in [0, 0.05) is 11.6 Å². The molecular weight excluding hydrogens is 218 g/mol. The molecule has 16 heavy (non-hydrogen) atoms. The summed E-state index contributed by atoms with van der Waals surface area (Å²) in [5.74, 6) is 0.809. The topological polar surface area (TPSA) is 3.24 Å². The van der Waals surface area contributed by atoms with Crippen molar-refractivity contribution in [3.05, 3.63) is 34.9 Å². The lowest BCUT2D eigenvalue weighted by atomic mass is 10.1. The van der Waals surface area contributed by atoms with Gasteiger partial charge < -0.3 is 4.90 Å². The average Bonchev–Trinajstić information content (AvgIpc) is 2.21. The summed E-state index contributed by atoms with van der Waals surface area (Å²) in [5, 5.41) is 0.811. The minimum absolute atomic E-state index is 0.809. The molecule has 0 unspecified atom stereocenters. The molecule has 0 aliphatic heterocycles. The Morgan fingerprint density at radius 3 is 2.38 bits per heavy atom. The number of hydrogen-bond donors (Lipinski definition) is 0. The zero-order chi connectivity index (χ0) is 12.0. The average molecular weight is 240 g/mol. The predicted molar refractivity (Wildman–Crippen MR) is 71.9 cm³/mol. The van der Waals surface area contributed by atoms with Gasteiger partial charge in [-0.15, -0.1) is 0 Å². The largest absolute Gasteiger partial charge is 0.302 e. The fourth-order valence-corrected chi connectivity index (χ4v) is 1.88. The summed E-state index contributed by atoms with van der Waals surface area (Å²) in [6.45, 7) is 6.73. The summed E-state index contributed by atoms with van der Waals surface area (Å²) >= 11 is 5.85. The number of nitrogens with zero attached hydrogens (tertiary/aromatic N) is 1. The SMILES string of the molecule is CC(C)CCCN(C)Cc1ccc(Cl)cc1. The predicted octanol–water partition coefficient (Wildman–Crippen LogP) is 4.21. The molecular formula is C14H22ClN. The van der Waals surface area contributed by atoms with E-state index in [0.717, 1.165) is 17.5 Å². The van der Waals surface area contributed by atoms with Crippen LogP contribution in [0.2, 0.25) is 5.02 Å².